The van der Waals surface area contributed by atoms with E-state index in [0.717, 1.165) is 5.56 Å². The van der Waals surface area contributed by atoms with Gasteiger partial charge in [0.05, 0.1) is 0 Å². The quantitative estimate of drug-likeness (QED) is 0.807. The molecule has 1 aromatic rings. The zero-order valence-corrected chi connectivity index (χ0v) is 11.1. The fraction of sp³-hybridized carbons (Fsp3) is 0.462. The smallest absolute Gasteiger partial charge is 0.410 e. The van der Waals surface area contributed by atoms with Crippen LogP contribution in [-0.2, 0) is 0 Å². The van der Waals surface area contributed by atoms with E-state index < -0.39 is 0 Å². The summed E-state index contributed by atoms with van der Waals surface area (Å²) in [5.74, 6) is 0.579. The summed E-state index contributed by atoms with van der Waals surface area (Å²) in [5, 5.41) is 0. The van der Waals surface area contributed by atoms with E-state index in [1.807, 2.05) is 32.3 Å². The van der Waals surface area contributed by atoms with Crippen molar-refractivity contribution in [2.45, 2.75) is 13.0 Å². The van der Waals surface area contributed by atoms with Gasteiger partial charge in [0.25, 0.3) is 0 Å². The Morgan fingerprint density at radius 2 is 1.88 bits per heavy atom. The highest BCUT2D eigenvalue weighted by Gasteiger charge is 2.11. The first-order chi connectivity index (χ1) is 7.91. The van der Waals surface area contributed by atoms with Crippen molar-refractivity contribution >= 4 is 6.09 Å². The maximum Gasteiger partial charge on any atom is 0.414 e. The van der Waals surface area contributed by atoms with E-state index in [9.17, 15) is 4.79 Å². The van der Waals surface area contributed by atoms with Crippen molar-refractivity contribution in [1.82, 2.24) is 9.80 Å². The Kier molecular flexibility index (Phi) is 4.52. The van der Waals surface area contributed by atoms with E-state index >= 15 is 0 Å². The van der Waals surface area contributed by atoms with Crippen molar-refractivity contribution in [2.24, 2.45) is 0 Å². The molecule has 17 heavy (non-hydrogen) atoms. The molecule has 0 aliphatic carbocycles. The number of nitrogens with zero attached hydrogens (tertiary/aromatic N) is 2. The highest BCUT2D eigenvalue weighted by Crippen LogP contribution is 2.22. The zero-order chi connectivity index (χ0) is 13.0. The number of carbonyl (C=O) groups is 1. The summed E-state index contributed by atoms with van der Waals surface area (Å²) >= 11 is 0. The highest BCUT2D eigenvalue weighted by molar-refractivity contribution is 5.70. The third-order valence-corrected chi connectivity index (χ3v) is 2.69. The van der Waals surface area contributed by atoms with Gasteiger partial charge in [-0.1, -0.05) is 12.1 Å². The van der Waals surface area contributed by atoms with Gasteiger partial charge in [0.2, 0.25) is 0 Å². The Morgan fingerprint density at radius 3 is 2.41 bits per heavy atom. The van der Waals surface area contributed by atoms with Crippen molar-refractivity contribution in [3.63, 3.8) is 0 Å². The van der Waals surface area contributed by atoms with Gasteiger partial charge in [-0.25, -0.2) is 4.79 Å². The topological polar surface area (TPSA) is 32.8 Å². The first kappa shape index (κ1) is 13.5. The molecule has 1 aromatic carbocycles. The van der Waals surface area contributed by atoms with Gasteiger partial charge in [-0.05, 0) is 38.7 Å². The number of carbonyl (C=O) groups excluding carboxylic acids is 1. The second-order valence-electron chi connectivity index (χ2n) is 4.47. The number of benzene rings is 1. The molecule has 0 radical (unpaired) electrons. The van der Waals surface area contributed by atoms with Crippen LogP contribution in [0.25, 0.3) is 0 Å². The number of ether oxygens (including phenoxy) is 1. The fourth-order valence-electron chi connectivity index (χ4n) is 1.33. The lowest BCUT2D eigenvalue weighted by atomic mass is 10.1. The zero-order valence-electron chi connectivity index (χ0n) is 11.1. The van der Waals surface area contributed by atoms with E-state index in [-0.39, 0.29) is 12.1 Å². The standard InChI is InChI=1S/C13H20N2O2/c1-10(14(2)3)11-7-6-8-12(9-11)17-13(16)15(4)5/h6-10H,1-5H3/t10-/m1/s1. The first-order valence-corrected chi connectivity index (χ1v) is 5.57. The van der Waals surface area contributed by atoms with E-state index in [1.165, 1.54) is 4.90 Å². The molecular formula is C13H20N2O2. The predicted octanol–water partition coefficient (Wildman–Crippen LogP) is 2.37. The second-order valence-corrected chi connectivity index (χ2v) is 4.47. The number of amides is 1. The molecule has 94 valence electrons. The molecule has 0 aromatic heterocycles. The molecule has 0 saturated heterocycles. The van der Waals surface area contributed by atoms with Gasteiger partial charge in [0.1, 0.15) is 5.75 Å². The minimum absolute atomic E-state index is 0.285. The first-order valence-electron chi connectivity index (χ1n) is 5.57. The molecule has 0 unspecified atom stereocenters. The van der Waals surface area contributed by atoms with E-state index in [0.29, 0.717) is 5.75 Å². The van der Waals surface area contributed by atoms with Gasteiger partial charge in [0, 0.05) is 20.1 Å². The Morgan fingerprint density at radius 1 is 1.24 bits per heavy atom. The largest absolute Gasteiger partial charge is 0.414 e. The third kappa shape index (κ3) is 3.75. The lowest BCUT2D eigenvalue weighted by molar-refractivity contribution is 0.172. The number of rotatable bonds is 3. The summed E-state index contributed by atoms with van der Waals surface area (Å²) in [6.07, 6.45) is -0.361. The fourth-order valence-corrected chi connectivity index (χ4v) is 1.33. The van der Waals surface area contributed by atoms with Crippen LogP contribution >= 0.6 is 0 Å². The average Bonchev–Trinajstić information content (AvgIpc) is 2.28. The number of hydrogen-bond donors (Lipinski definition) is 0. The van der Waals surface area contributed by atoms with Gasteiger partial charge in [0.15, 0.2) is 0 Å². The molecule has 0 fully saturated rings. The Hall–Kier alpha value is -1.55. The van der Waals surface area contributed by atoms with Crippen LogP contribution in [0.5, 0.6) is 5.75 Å². The highest BCUT2D eigenvalue weighted by atomic mass is 16.6. The molecule has 0 aliphatic heterocycles. The molecule has 1 atom stereocenters. The number of hydrogen-bond acceptors (Lipinski definition) is 3. The predicted molar refractivity (Wildman–Crippen MR) is 68.3 cm³/mol. The van der Waals surface area contributed by atoms with Crippen LogP contribution in [0.1, 0.15) is 18.5 Å². The molecule has 4 nitrogen and oxygen atoms in total. The van der Waals surface area contributed by atoms with E-state index in [4.69, 9.17) is 4.74 Å². The van der Waals surface area contributed by atoms with Crippen LogP contribution < -0.4 is 4.74 Å². The Bertz CT molecular complexity index is 389. The van der Waals surface area contributed by atoms with Gasteiger partial charge in [-0.3, -0.25) is 0 Å². The summed E-state index contributed by atoms with van der Waals surface area (Å²) < 4.78 is 5.21. The Balaban J connectivity index is 2.83. The van der Waals surface area contributed by atoms with Crippen molar-refractivity contribution in [2.75, 3.05) is 28.2 Å². The molecule has 0 spiro atoms. The molecule has 1 amide bonds. The SMILES string of the molecule is C[C@H](c1cccc(OC(=O)N(C)C)c1)N(C)C. The lowest BCUT2D eigenvalue weighted by Gasteiger charge is -2.20. The third-order valence-electron chi connectivity index (χ3n) is 2.69. The monoisotopic (exact) mass is 236 g/mol. The lowest BCUT2D eigenvalue weighted by Crippen LogP contribution is -2.25. The van der Waals surface area contributed by atoms with E-state index in [2.05, 4.69) is 11.8 Å². The molecule has 0 saturated carbocycles. The van der Waals surface area contributed by atoms with Crippen molar-refractivity contribution < 1.29 is 9.53 Å². The summed E-state index contributed by atoms with van der Waals surface area (Å²) in [6.45, 7) is 2.10. The molecule has 0 bridgehead atoms. The van der Waals surface area contributed by atoms with Gasteiger partial charge >= 0.3 is 6.09 Å². The van der Waals surface area contributed by atoms with Crippen LogP contribution in [-0.4, -0.2) is 44.1 Å². The van der Waals surface area contributed by atoms with E-state index in [1.54, 1.807) is 20.2 Å². The van der Waals surface area contributed by atoms with Gasteiger partial charge in [-0.2, -0.15) is 0 Å². The molecule has 4 heteroatoms. The van der Waals surface area contributed by atoms with Crippen molar-refractivity contribution in [1.29, 1.82) is 0 Å². The van der Waals surface area contributed by atoms with Gasteiger partial charge in [-0.15, -0.1) is 0 Å². The molecule has 1 rings (SSSR count). The molecular weight excluding hydrogens is 216 g/mol. The molecule has 0 heterocycles. The maximum atomic E-state index is 11.4. The maximum absolute atomic E-state index is 11.4. The van der Waals surface area contributed by atoms with Crippen LogP contribution in [0.15, 0.2) is 24.3 Å². The minimum atomic E-state index is -0.361. The average molecular weight is 236 g/mol. The van der Waals surface area contributed by atoms with Gasteiger partial charge < -0.3 is 14.5 Å². The molecule has 0 N–H and O–H groups in total. The van der Waals surface area contributed by atoms with Crippen molar-refractivity contribution in [3.8, 4) is 5.75 Å². The van der Waals surface area contributed by atoms with Crippen LogP contribution in [0, 0.1) is 0 Å². The van der Waals surface area contributed by atoms with Crippen molar-refractivity contribution in [3.05, 3.63) is 29.8 Å². The summed E-state index contributed by atoms with van der Waals surface area (Å²) in [5.41, 5.74) is 1.12. The van der Waals surface area contributed by atoms with Crippen LogP contribution in [0.3, 0.4) is 0 Å². The van der Waals surface area contributed by atoms with Crippen LogP contribution in [0.2, 0.25) is 0 Å². The van der Waals surface area contributed by atoms with Crippen LogP contribution in [0.4, 0.5) is 4.79 Å². The Labute approximate surface area is 103 Å². The summed E-state index contributed by atoms with van der Waals surface area (Å²) in [4.78, 5) is 14.9. The second kappa shape index (κ2) is 5.68. The normalized spacial score (nSPS) is 12.4. The summed E-state index contributed by atoms with van der Waals surface area (Å²) in [6, 6.07) is 7.89. The summed E-state index contributed by atoms with van der Waals surface area (Å²) in [7, 11) is 7.36. The molecule has 0 aliphatic rings. The minimum Gasteiger partial charge on any atom is -0.410 e.